The van der Waals surface area contributed by atoms with Crippen molar-refractivity contribution in [1.29, 1.82) is 0 Å². The van der Waals surface area contributed by atoms with Gasteiger partial charge < -0.3 is 4.74 Å². The van der Waals surface area contributed by atoms with Gasteiger partial charge in [0.1, 0.15) is 5.60 Å². The number of carbonyl (C=O) groups is 2. The van der Waals surface area contributed by atoms with Gasteiger partial charge >= 0.3 is 5.97 Å². The van der Waals surface area contributed by atoms with Gasteiger partial charge in [0.25, 0.3) is 0 Å². The molecule has 0 bridgehead atoms. The van der Waals surface area contributed by atoms with E-state index in [1.165, 1.54) is 24.8 Å². The van der Waals surface area contributed by atoms with Crippen molar-refractivity contribution < 1.29 is 14.3 Å². The standard InChI is InChI=1S/C24H28O3/c1-22-6-3-12(25)9-17(22)13-10-14(13)20-16(22)4-7-23(2)21(20)15-11-18(15)24(23)8-5-19(26)27-24/h5,8-9,13-16,18,20-21H,3-4,6-7,10-11H2,1-2H3/t13-,14?,15-,16?,18+,20?,21?,22-,23?,24+/m1/s1. The first-order valence-corrected chi connectivity index (χ1v) is 11.1. The van der Waals surface area contributed by atoms with Crippen molar-refractivity contribution in [3.8, 4) is 0 Å². The molecule has 10 atom stereocenters. The van der Waals surface area contributed by atoms with Crippen LogP contribution >= 0.6 is 0 Å². The lowest BCUT2D eigenvalue weighted by atomic mass is 9.45. The summed E-state index contributed by atoms with van der Waals surface area (Å²) in [7, 11) is 0. The zero-order chi connectivity index (χ0) is 18.3. The second-order valence-electron chi connectivity index (χ2n) is 11.2. The molecule has 0 amide bonds. The van der Waals surface area contributed by atoms with Crippen LogP contribution in [0, 0.1) is 52.3 Å². The smallest absolute Gasteiger partial charge is 0.331 e. The van der Waals surface area contributed by atoms with E-state index < -0.39 is 0 Å². The topological polar surface area (TPSA) is 43.4 Å². The lowest BCUT2D eigenvalue weighted by Crippen LogP contribution is -2.57. The monoisotopic (exact) mass is 364 g/mol. The van der Waals surface area contributed by atoms with Crippen molar-refractivity contribution in [3.63, 3.8) is 0 Å². The van der Waals surface area contributed by atoms with Crippen LogP contribution in [0.15, 0.2) is 23.8 Å². The molecule has 7 rings (SSSR count). The van der Waals surface area contributed by atoms with E-state index in [0.29, 0.717) is 23.5 Å². The van der Waals surface area contributed by atoms with Gasteiger partial charge in [-0.15, -0.1) is 0 Å². The Morgan fingerprint density at radius 1 is 1.07 bits per heavy atom. The molecular formula is C24H28O3. The Kier molecular flexibility index (Phi) is 2.46. The fourth-order valence-corrected chi connectivity index (χ4v) is 9.34. The average molecular weight is 364 g/mol. The number of rotatable bonds is 0. The van der Waals surface area contributed by atoms with Gasteiger partial charge in [0.15, 0.2) is 5.78 Å². The molecule has 7 aliphatic rings. The first-order valence-electron chi connectivity index (χ1n) is 11.1. The summed E-state index contributed by atoms with van der Waals surface area (Å²) in [6.07, 6.45) is 12.6. The van der Waals surface area contributed by atoms with E-state index in [1.807, 2.05) is 0 Å². The van der Waals surface area contributed by atoms with Crippen LogP contribution in [0.2, 0.25) is 0 Å². The molecule has 0 saturated heterocycles. The number of allylic oxidation sites excluding steroid dienone is 1. The number of fused-ring (bicyclic) bond motifs is 12. The first kappa shape index (κ1) is 15.5. The second kappa shape index (κ2) is 4.28. The summed E-state index contributed by atoms with van der Waals surface area (Å²) >= 11 is 0. The van der Waals surface area contributed by atoms with E-state index >= 15 is 0 Å². The molecule has 5 fully saturated rings. The van der Waals surface area contributed by atoms with Crippen LogP contribution in [-0.4, -0.2) is 17.4 Å². The summed E-state index contributed by atoms with van der Waals surface area (Å²) in [4.78, 5) is 24.2. The summed E-state index contributed by atoms with van der Waals surface area (Å²) in [6.45, 7) is 4.92. The molecule has 1 spiro atoms. The molecule has 1 aliphatic heterocycles. The van der Waals surface area contributed by atoms with Gasteiger partial charge in [-0.2, -0.15) is 0 Å². The molecule has 1 heterocycles. The normalized spacial score (nSPS) is 61.4. The maximum atomic E-state index is 12.1. The van der Waals surface area contributed by atoms with Crippen molar-refractivity contribution >= 4 is 11.8 Å². The van der Waals surface area contributed by atoms with E-state index in [9.17, 15) is 9.59 Å². The Balaban J connectivity index is 1.34. The molecule has 0 radical (unpaired) electrons. The molecule has 6 aliphatic carbocycles. The quantitative estimate of drug-likeness (QED) is 0.608. The van der Waals surface area contributed by atoms with Crippen LogP contribution in [-0.2, 0) is 14.3 Å². The predicted octanol–water partition coefficient (Wildman–Crippen LogP) is 4.08. The zero-order valence-electron chi connectivity index (χ0n) is 16.2. The highest BCUT2D eigenvalue weighted by Gasteiger charge is 2.80. The maximum absolute atomic E-state index is 12.1. The molecule has 5 unspecified atom stereocenters. The highest BCUT2D eigenvalue weighted by atomic mass is 16.6. The van der Waals surface area contributed by atoms with Gasteiger partial charge in [-0.25, -0.2) is 4.79 Å². The molecule has 0 N–H and O–H groups in total. The van der Waals surface area contributed by atoms with Crippen LogP contribution in [0.5, 0.6) is 0 Å². The van der Waals surface area contributed by atoms with Gasteiger partial charge in [0, 0.05) is 23.8 Å². The lowest BCUT2D eigenvalue weighted by molar-refractivity contribution is -0.170. The fraction of sp³-hybridized carbons (Fsp3) is 0.750. The molecular weight excluding hydrogens is 336 g/mol. The Bertz CT molecular complexity index is 869. The van der Waals surface area contributed by atoms with Gasteiger partial charge in [-0.3, -0.25) is 4.79 Å². The van der Waals surface area contributed by atoms with E-state index in [-0.39, 0.29) is 22.4 Å². The average Bonchev–Trinajstić information content (AvgIpc) is 3.53. The van der Waals surface area contributed by atoms with Crippen molar-refractivity contribution in [1.82, 2.24) is 0 Å². The number of ketones is 1. The summed E-state index contributed by atoms with van der Waals surface area (Å²) < 4.78 is 6.10. The molecule has 0 aromatic heterocycles. The second-order valence-corrected chi connectivity index (χ2v) is 11.2. The lowest BCUT2D eigenvalue weighted by Gasteiger charge is -2.59. The van der Waals surface area contributed by atoms with E-state index in [1.54, 1.807) is 6.08 Å². The Morgan fingerprint density at radius 3 is 2.70 bits per heavy atom. The molecule has 0 aromatic carbocycles. The Morgan fingerprint density at radius 2 is 1.93 bits per heavy atom. The number of esters is 1. The minimum atomic E-state index is -0.311. The van der Waals surface area contributed by atoms with Crippen LogP contribution in [0.1, 0.15) is 52.4 Å². The van der Waals surface area contributed by atoms with E-state index in [2.05, 4.69) is 26.0 Å². The number of hydrogen-bond donors (Lipinski definition) is 0. The zero-order valence-corrected chi connectivity index (χ0v) is 16.2. The molecule has 142 valence electrons. The maximum Gasteiger partial charge on any atom is 0.331 e. The summed E-state index contributed by atoms with van der Waals surface area (Å²) in [5.74, 6) is 5.17. The number of hydrogen-bond acceptors (Lipinski definition) is 3. The van der Waals surface area contributed by atoms with Gasteiger partial charge in [0.2, 0.25) is 0 Å². The minimum absolute atomic E-state index is 0.111. The largest absolute Gasteiger partial charge is 0.451 e. The van der Waals surface area contributed by atoms with E-state index in [4.69, 9.17) is 4.74 Å². The first-order chi connectivity index (χ1) is 12.9. The van der Waals surface area contributed by atoms with Gasteiger partial charge in [-0.1, -0.05) is 19.4 Å². The molecule has 3 nitrogen and oxygen atoms in total. The van der Waals surface area contributed by atoms with Crippen molar-refractivity contribution in [3.05, 3.63) is 23.8 Å². The van der Waals surface area contributed by atoms with Crippen molar-refractivity contribution in [2.24, 2.45) is 52.3 Å². The van der Waals surface area contributed by atoms with Gasteiger partial charge in [-0.05, 0) is 85.2 Å². The van der Waals surface area contributed by atoms with Gasteiger partial charge in [0.05, 0.1) is 0 Å². The van der Waals surface area contributed by atoms with Crippen molar-refractivity contribution in [2.75, 3.05) is 0 Å². The number of carbonyl (C=O) groups excluding carboxylic acids is 2. The fourth-order valence-electron chi connectivity index (χ4n) is 9.34. The Hall–Kier alpha value is -1.38. The predicted molar refractivity (Wildman–Crippen MR) is 99.4 cm³/mol. The third kappa shape index (κ3) is 1.53. The minimum Gasteiger partial charge on any atom is -0.451 e. The summed E-state index contributed by atoms with van der Waals surface area (Å²) in [5, 5.41) is 0. The highest BCUT2D eigenvalue weighted by Crippen LogP contribution is 2.81. The third-order valence-electron chi connectivity index (χ3n) is 10.5. The van der Waals surface area contributed by atoms with Crippen LogP contribution in [0.3, 0.4) is 0 Å². The number of ether oxygens (including phenoxy) is 1. The SMILES string of the molecule is CC12CCC3C(C4C[C@H]4C4=CC(=O)CC[C@@]43C)C1[C@@H]1C[C@@H]1[C@@]21C=CC(=O)O1. The van der Waals surface area contributed by atoms with Crippen molar-refractivity contribution in [2.45, 2.75) is 58.0 Å². The van der Waals surface area contributed by atoms with E-state index in [0.717, 1.165) is 42.9 Å². The van der Waals surface area contributed by atoms with Crippen LogP contribution in [0.25, 0.3) is 0 Å². The van der Waals surface area contributed by atoms with Crippen LogP contribution < -0.4 is 0 Å². The summed E-state index contributed by atoms with van der Waals surface area (Å²) in [6, 6.07) is 0. The molecule has 5 saturated carbocycles. The molecule has 3 heteroatoms. The Labute approximate surface area is 160 Å². The third-order valence-corrected chi connectivity index (χ3v) is 10.5. The molecule has 0 aromatic rings. The molecule has 27 heavy (non-hydrogen) atoms. The highest BCUT2D eigenvalue weighted by molar-refractivity contribution is 5.92. The van der Waals surface area contributed by atoms with Crippen LogP contribution in [0.4, 0.5) is 0 Å². The summed E-state index contributed by atoms with van der Waals surface area (Å²) in [5.41, 5.74) is 1.55.